The van der Waals surface area contributed by atoms with Gasteiger partial charge in [-0.05, 0) is 37.3 Å². The maximum absolute atomic E-state index is 12.3. The number of aromatic nitrogens is 3. The maximum Gasteiger partial charge on any atom is 0.240 e. The van der Waals surface area contributed by atoms with E-state index in [1.165, 1.54) is 12.1 Å². The van der Waals surface area contributed by atoms with Crippen LogP contribution in [0.3, 0.4) is 0 Å². The molecule has 146 valence electrons. The lowest BCUT2D eigenvalue weighted by atomic mass is 10.4. The molecule has 0 fully saturated rings. The van der Waals surface area contributed by atoms with Gasteiger partial charge in [-0.2, -0.15) is 0 Å². The van der Waals surface area contributed by atoms with Crippen molar-refractivity contribution < 1.29 is 8.42 Å². The van der Waals surface area contributed by atoms with Gasteiger partial charge in [0.1, 0.15) is 23.3 Å². The summed E-state index contributed by atoms with van der Waals surface area (Å²) in [5.74, 6) is 2.41. The van der Waals surface area contributed by atoms with Crippen molar-refractivity contribution in [1.29, 1.82) is 0 Å². The van der Waals surface area contributed by atoms with Gasteiger partial charge in [0.15, 0.2) is 0 Å². The van der Waals surface area contributed by atoms with E-state index in [-0.39, 0.29) is 11.4 Å². The molecule has 28 heavy (non-hydrogen) atoms. The van der Waals surface area contributed by atoms with Crippen LogP contribution in [0.25, 0.3) is 0 Å². The number of aryl methyl sites for hydroxylation is 1. The van der Waals surface area contributed by atoms with E-state index < -0.39 is 10.0 Å². The first-order valence-electron chi connectivity index (χ1n) is 8.45. The fraction of sp³-hybridized carbons (Fsp3) is 0.167. The summed E-state index contributed by atoms with van der Waals surface area (Å²) in [6.45, 7) is 2.30. The lowest BCUT2D eigenvalue weighted by molar-refractivity contribution is 0.583. The molecule has 0 aliphatic heterocycles. The Labute approximate surface area is 168 Å². The average Bonchev–Trinajstić information content (AvgIpc) is 2.66. The van der Waals surface area contributed by atoms with Gasteiger partial charge in [0.2, 0.25) is 10.0 Å². The van der Waals surface area contributed by atoms with Gasteiger partial charge in [-0.25, -0.2) is 28.1 Å². The van der Waals surface area contributed by atoms with Gasteiger partial charge in [0.05, 0.1) is 4.90 Å². The molecule has 10 heteroatoms. The lowest BCUT2D eigenvalue weighted by Crippen LogP contribution is -2.29. The smallest absolute Gasteiger partial charge is 0.240 e. The summed E-state index contributed by atoms with van der Waals surface area (Å²) in [5.41, 5.74) is 0. The second-order valence-electron chi connectivity index (χ2n) is 5.81. The Bertz CT molecular complexity index is 1050. The highest BCUT2D eigenvalue weighted by Gasteiger charge is 2.13. The van der Waals surface area contributed by atoms with Crippen LogP contribution >= 0.6 is 11.6 Å². The Morgan fingerprint density at radius 3 is 2.54 bits per heavy atom. The minimum atomic E-state index is -3.62. The van der Waals surface area contributed by atoms with Gasteiger partial charge < -0.3 is 10.6 Å². The number of hydrogen-bond donors (Lipinski definition) is 3. The molecule has 0 aliphatic carbocycles. The van der Waals surface area contributed by atoms with Gasteiger partial charge >= 0.3 is 0 Å². The topological polar surface area (TPSA) is 109 Å². The molecule has 2 heterocycles. The van der Waals surface area contributed by atoms with E-state index in [0.717, 1.165) is 0 Å². The van der Waals surface area contributed by atoms with E-state index in [9.17, 15) is 8.42 Å². The molecular formula is C18H19ClN6O2S. The van der Waals surface area contributed by atoms with Crippen LogP contribution in [0.2, 0.25) is 5.02 Å². The standard InChI is InChI=1S/C18H19ClN6O2S/c1-13-23-17(12-18(24-13)25-16-7-2-3-8-20-16)21-9-10-22-28(26,27)15-6-4-5-14(19)11-15/h2-8,11-12,22H,9-10H2,1H3,(H2,20,21,23,24,25). The van der Waals surface area contributed by atoms with Crippen LogP contribution in [0.1, 0.15) is 5.82 Å². The summed E-state index contributed by atoms with van der Waals surface area (Å²) in [4.78, 5) is 12.9. The van der Waals surface area contributed by atoms with Gasteiger partial charge in [-0.1, -0.05) is 23.7 Å². The minimum Gasteiger partial charge on any atom is -0.369 e. The van der Waals surface area contributed by atoms with E-state index in [2.05, 4.69) is 30.3 Å². The van der Waals surface area contributed by atoms with Crippen molar-refractivity contribution in [3.63, 3.8) is 0 Å². The Kier molecular flexibility index (Phi) is 6.40. The molecule has 3 aromatic rings. The number of rotatable bonds is 8. The zero-order valence-corrected chi connectivity index (χ0v) is 16.6. The third kappa shape index (κ3) is 5.62. The molecule has 8 nitrogen and oxygen atoms in total. The largest absolute Gasteiger partial charge is 0.369 e. The number of anilines is 3. The summed E-state index contributed by atoms with van der Waals surface area (Å²) in [6.07, 6.45) is 1.68. The van der Waals surface area contributed by atoms with Crippen molar-refractivity contribution in [2.75, 3.05) is 23.7 Å². The second kappa shape index (κ2) is 8.96. The molecule has 0 unspecified atom stereocenters. The molecule has 3 rings (SSSR count). The van der Waals surface area contributed by atoms with Crippen molar-refractivity contribution >= 4 is 39.1 Å². The van der Waals surface area contributed by atoms with Gasteiger partial charge in [0.25, 0.3) is 0 Å². The van der Waals surface area contributed by atoms with Crippen LogP contribution in [0.5, 0.6) is 0 Å². The zero-order chi connectivity index (χ0) is 20.0. The van der Waals surface area contributed by atoms with Crippen molar-refractivity contribution in [3.05, 3.63) is 65.6 Å². The van der Waals surface area contributed by atoms with E-state index in [1.807, 2.05) is 18.2 Å². The molecular weight excluding hydrogens is 400 g/mol. The summed E-state index contributed by atoms with van der Waals surface area (Å²) in [7, 11) is -3.62. The van der Waals surface area contributed by atoms with Crippen LogP contribution in [0, 0.1) is 6.92 Å². The maximum atomic E-state index is 12.3. The molecule has 0 aliphatic rings. The monoisotopic (exact) mass is 418 g/mol. The average molecular weight is 419 g/mol. The highest BCUT2D eigenvalue weighted by Crippen LogP contribution is 2.16. The third-order valence-electron chi connectivity index (χ3n) is 3.59. The fourth-order valence-electron chi connectivity index (χ4n) is 2.38. The number of nitrogens with one attached hydrogen (secondary N) is 3. The number of pyridine rings is 1. The van der Waals surface area contributed by atoms with Crippen LogP contribution in [0.4, 0.5) is 17.5 Å². The minimum absolute atomic E-state index is 0.125. The van der Waals surface area contributed by atoms with Crippen molar-refractivity contribution in [3.8, 4) is 0 Å². The lowest BCUT2D eigenvalue weighted by Gasteiger charge is -2.11. The Morgan fingerprint density at radius 1 is 0.964 bits per heavy atom. The van der Waals surface area contributed by atoms with Gasteiger partial charge in [-0.3, -0.25) is 0 Å². The Balaban J connectivity index is 1.57. The van der Waals surface area contributed by atoms with Gasteiger partial charge in [0, 0.05) is 30.4 Å². The van der Waals surface area contributed by atoms with E-state index in [4.69, 9.17) is 11.6 Å². The number of halogens is 1. The number of sulfonamides is 1. The summed E-state index contributed by atoms with van der Waals surface area (Å²) < 4.78 is 27.1. The highest BCUT2D eigenvalue weighted by atomic mass is 35.5. The van der Waals surface area contributed by atoms with Crippen molar-refractivity contribution in [2.45, 2.75) is 11.8 Å². The SMILES string of the molecule is Cc1nc(NCCNS(=O)(=O)c2cccc(Cl)c2)cc(Nc2ccccn2)n1. The van der Waals surface area contributed by atoms with Crippen molar-refractivity contribution in [1.82, 2.24) is 19.7 Å². The number of nitrogens with zero attached hydrogens (tertiary/aromatic N) is 3. The number of hydrogen-bond acceptors (Lipinski definition) is 7. The van der Waals surface area contributed by atoms with E-state index >= 15 is 0 Å². The third-order valence-corrected chi connectivity index (χ3v) is 5.28. The second-order valence-corrected chi connectivity index (χ2v) is 8.01. The molecule has 0 spiro atoms. The van der Waals surface area contributed by atoms with Crippen LogP contribution in [-0.2, 0) is 10.0 Å². The first kappa shape index (κ1) is 20.0. The molecule has 1 aromatic carbocycles. The van der Waals surface area contributed by atoms with E-state index in [0.29, 0.717) is 34.8 Å². The summed E-state index contributed by atoms with van der Waals surface area (Å²) >= 11 is 5.85. The summed E-state index contributed by atoms with van der Waals surface area (Å²) in [6, 6.07) is 13.4. The predicted octanol–water partition coefficient (Wildman–Crippen LogP) is 2.97. The van der Waals surface area contributed by atoms with Crippen molar-refractivity contribution in [2.24, 2.45) is 0 Å². The fourth-order valence-corrected chi connectivity index (χ4v) is 3.72. The van der Waals surface area contributed by atoms with Crippen LogP contribution in [0.15, 0.2) is 59.6 Å². The molecule has 0 radical (unpaired) electrons. The molecule has 2 aromatic heterocycles. The molecule has 0 saturated heterocycles. The quantitative estimate of drug-likeness (QED) is 0.482. The molecule has 0 bridgehead atoms. The highest BCUT2D eigenvalue weighted by molar-refractivity contribution is 7.89. The Hall–Kier alpha value is -2.75. The number of benzene rings is 1. The first-order valence-corrected chi connectivity index (χ1v) is 10.3. The van der Waals surface area contributed by atoms with Crippen LogP contribution < -0.4 is 15.4 Å². The normalized spacial score (nSPS) is 11.2. The first-order chi connectivity index (χ1) is 13.4. The summed E-state index contributed by atoms with van der Waals surface area (Å²) in [5, 5.41) is 6.55. The molecule has 0 atom stereocenters. The molecule has 0 amide bonds. The van der Waals surface area contributed by atoms with E-state index in [1.54, 1.807) is 31.3 Å². The predicted molar refractivity (Wildman–Crippen MR) is 109 cm³/mol. The van der Waals surface area contributed by atoms with Gasteiger partial charge in [-0.15, -0.1) is 0 Å². The van der Waals surface area contributed by atoms with Crippen LogP contribution in [-0.4, -0.2) is 36.5 Å². The Morgan fingerprint density at radius 2 is 1.79 bits per heavy atom. The zero-order valence-electron chi connectivity index (χ0n) is 15.1. The molecule has 0 saturated carbocycles. The molecule has 3 N–H and O–H groups in total.